The molecule has 0 heterocycles. The van der Waals surface area contributed by atoms with E-state index in [1.807, 2.05) is 51.1 Å². The van der Waals surface area contributed by atoms with E-state index in [1.165, 1.54) is 0 Å². The van der Waals surface area contributed by atoms with Crippen LogP contribution in [0.1, 0.15) is 33.6 Å². The van der Waals surface area contributed by atoms with Gasteiger partial charge < -0.3 is 15.4 Å². The Bertz CT molecular complexity index is 467. The molecule has 0 fully saturated rings. The number of ether oxygens (including phenoxy) is 1. The molecule has 0 aliphatic heterocycles. The van der Waals surface area contributed by atoms with Crippen molar-refractivity contribution in [1.29, 1.82) is 0 Å². The number of benzene rings is 1. The van der Waals surface area contributed by atoms with E-state index in [-0.39, 0.29) is 17.2 Å². The highest BCUT2D eigenvalue weighted by Gasteiger charge is 2.15. The standard InChI is InChI=1S/C17H26N2O3/c1-17(2,3)13-16(21)19-11-10-18-15(20)9-12-22-14-7-5-4-6-8-14/h4-8H,9-13H2,1-3H3,(H,18,20)(H,19,21). The summed E-state index contributed by atoms with van der Waals surface area (Å²) in [5.74, 6) is 0.680. The maximum absolute atomic E-state index is 11.6. The molecule has 0 saturated heterocycles. The molecular formula is C17H26N2O3. The lowest BCUT2D eigenvalue weighted by molar-refractivity contribution is -0.124. The topological polar surface area (TPSA) is 67.4 Å². The molecule has 0 spiro atoms. The average molecular weight is 306 g/mol. The smallest absolute Gasteiger partial charge is 0.223 e. The number of nitrogens with one attached hydrogen (secondary N) is 2. The third kappa shape index (κ3) is 9.00. The first-order chi connectivity index (χ1) is 10.4. The Morgan fingerprint density at radius 1 is 1.00 bits per heavy atom. The van der Waals surface area contributed by atoms with Crippen LogP contribution in [-0.4, -0.2) is 31.5 Å². The van der Waals surface area contributed by atoms with Crippen LogP contribution < -0.4 is 15.4 Å². The van der Waals surface area contributed by atoms with Crippen molar-refractivity contribution in [3.63, 3.8) is 0 Å². The Morgan fingerprint density at radius 2 is 1.59 bits per heavy atom. The monoisotopic (exact) mass is 306 g/mol. The van der Waals surface area contributed by atoms with E-state index in [2.05, 4.69) is 10.6 Å². The molecule has 2 amide bonds. The quantitative estimate of drug-likeness (QED) is 0.723. The summed E-state index contributed by atoms with van der Waals surface area (Å²) >= 11 is 0. The van der Waals surface area contributed by atoms with Crippen LogP contribution in [0.15, 0.2) is 30.3 Å². The molecule has 1 aromatic rings. The minimum atomic E-state index is -0.0824. The summed E-state index contributed by atoms with van der Waals surface area (Å²) in [7, 11) is 0. The van der Waals surface area contributed by atoms with Gasteiger partial charge in [0.15, 0.2) is 0 Å². The summed E-state index contributed by atoms with van der Waals surface area (Å²) in [6, 6.07) is 9.38. The van der Waals surface area contributed by atoms with Crippen LogP contribution in [0.2, 0.25) is 0 Å². The molecule has 0 aliphatic carbocycles. The van der Waals surface area contributed by atoms with Crippen LogP contribution >= 0.6 is 0 Å². The molecule has 2 N–H and O–H groups in total. The fourth-order valence-electron chi connectivity index (χ4n) is 1.81. The molecule has 0 saturated carbocycles. The molecule has 5 nitrogen and oxygen atoms in total. The van der Waals surface area contributed by atoms with Gasteiger partial charge in [0.1, 0.15) is 5.75 Å². The zero-order chi connectivity index (χ0) is 16.4. The van der Waals surface area contributed by atoms with Crippen LogP contribution in [-0.2, 0) is 9.59 Å². The number of hydrogen-bond acceptors (Lipinski definition) is 3. The van der Waals surface area contributed by atoms with E-state index in [0.29, 0.717) is 32.5 Å². The first-order valence-electron chi connectivity index (χ1n) is 7.58. The molecule has 0 aliphatic rings. The normalized spacial score (nSPS) is 10.9. The molecule has 22 heavy (non-hydrogen) atoms. The summed E-state index contributed by atoms with van der Waals surface area (Å²) in [6.45, 7) is 7.26. The minimum Gasteiger partial charge on any atom is -0.493 e. The molecule has 122 valence electrons. The fraction of sp³-hybridized carbons (Fsp3) is 0.529. The molecule has 0 bridgehead atoms. The van der Waals surface area contributed by atoms with Crippen molar-refractivity contribution < 1.29 is 14.3 Å². The molecule has 0 atom stereocenters. The molecule has 0 aromatic heterocycles. The van der Waals surface area contributed by atoms with Crippen LogP contribution in [0.5, 0.6) is 5.75 Å². The number of hydrogen-bond donors (Lipinski definition) is 2. The second-order valence-corrected chi connectivity index (χ2v) is 6.35. The number of para-hydroxylation sites is 1. The average Bonchev–Trinajstić information content (AvgIpc) is 2.43. The zero-order valence-corrected chi connectivity index (χ0v) is 13.6. The van der Waals surface area contributed by atoms with Crippen LogP contribution in [0.3, 0.4) is 0 Å². The Kier molecular flexibility index (Phi) is 7.43. The predicted molar refractivity (Wildman–Crippen MR) is 86.6 cm³/mol. The van der Waals surface area contributed by atoms with E-state index in [0.717, 1.165) is 5.75 Å². The molecule has 5 heteroatoms. The molecule has 1 rings (SSSR count). The van der Waals surface area contributed by atoms with Gasteiger partial charge in [0, 0.05) is 19.5 Å². The first kappa shape index (κ1) is 18.0. The van der Waals surface area contributed by atoms with Crippen molar-refractivity contribution in [3.05, 3.63) is 30.3 Å². The van der Waals surface area contributed by atoms with Gasteiger partial charge in [-0.15, -0.1) is 0 Å². The molecule has 0 unspecified atom stereocenters. The van der Waals surface area contributed by atoms with Crippen LogP contribution in [0.25, 0.3) is 0 Å². The summed E-state index contributed by atoms with van der Waals surface area (Å²) in [5.41, 5.74) is -0.0257. The van der Waals surface area contributed by atoms with Gasteiger partial charge in [-0.1, -0.05) is 39.0 Å². The highest BCUT2D eigenvalue weighted by atomic mass is 16.5. The lowest BCUT2D eigenvalue weighted by Crippen LogP contribution is -2.36. The van der Waals surface area contributed by atoms with E-state index in [9.17, 15) is 9.59 Å². The van der Waals surface area contributed by atoms with Crippen molar-refractivity contribution in [2.45, 2.75) is 33.6 Å². The third-order valence-electron chi connectivity index (χ3n) is 2.80. The first-order valence-corrected chi connectivity index (χ1v) is 7.58. The Labute approximate surface area is 132 Å². The Morgan fingerprint density at radius 3 is 2.18 bits per heavy atom. The highest BCUT2D eigenvalue weighted by Crippen LogP contribution is 2.17. The van der Waals surface area contributed by atoms with Gasteiger partial charge in [-0.05, 0) is 17.5 Å². The second kappa shape index (κ2) is 9.07. The summed E-state index contributed by atoms with van der Waals surface area (Å²) < 4.78 is 5.45. The summed E-state index contributed by atoms with van der Waals surface area (Å²) in [4.78, 5) is 23.2. The number of carbonyl (C=O) groups is 2. The number of rotatable bonds is 8. The van der Waals surface area contributed by atoms with Gasteiger partial charge >= 0.3 is 0 Å². The van der Waals surface area contributed by atoms with Gasteiger partial charge in [0.25, 0.3) is 0 Å². The second-order valence-electron chi connectivity index (χ2n) is 6.35. The van der Waals surface area contributed by atoms with Gasteiger partial charge in [0.05, 0.1) is 13.0 Å². The van der Waals surface area contributed by atoms with Gasteiger partial charge in [-0.3, -0.25) is 9.59 Å². The molecule has 1 aromatic carbocycles. The lowest BCUT2D eigenvalue weighted by atomic mass is 9.92. The highest BCUT2D eigenvalue weighted by molar-refractivity contribution is 5.77. The third-order valence-corrected chi connectivity index (χ3v) is 2.80. The van der Waals surface area contributed by atoms with Crippen LogP contribution in [0, 0.1) is 5.41 Å². The SMILES string of the molecule is CC(C)(C)CC(=O)NCCNC(=O)CCOc1ccccc1. The van der Waals surface area contributed by atoms with Gasteiger partial charge in [0.2, 0.25) is 11.8 Å². The maximum Gasteiger partial charge on any atom is 0.223 e. The summed E-state index contributed by atoms with van der Waals surface area (Å²) in [6.07, 6.45) is 0.774. The summed E-state index contributed by atoms with van der Waals surface area (Å²) in [5, 5.41) is 5.55. The number of amides is 2. The largest absolute Gasteiger partial charge is 0.493 e. The van der Waals surface area contributed by atoms with Gasteiger partial charge in [-0.25, -0.2) is 0 Å². The van der Waals surface area contributed by atoms with Crippen molar-refractivity contribution >= 4 is 11.8 Å². The van der Waals surface area contributed by atoms with Crippen molar-refractivity contribution in [3.8, 4) is 5.75 Å². The van der Waals surface area contributed by atoms with Gasteiger partial charge in [-0.2, -0.15) is 0 Å². The fourth-order valence-corrected chi connectivity index (χ4v) is 1.81. The lowest BCUT2D eigenvalue weighted by Gasteiger charge is -2.17. The van der Waals surface area contributed by atoms with E-state index < -0.39 is 0 Å². The molecular weight excluding hydrogens is 280 g/mol. The maximum atomic E-state index is 11.6. The van der Waals surface area contributed by atoms with Crippen molar-refractivity contribution in [2.24, 2.45) is 5.41 Å². The predicted octanol–water partition coefficient (Wildman–Crippen LogP) is 2.12. The zero-order valence-electron chi connectivity index (χ0n) is 13.6. The van der Waals surface area contributed by atoms with E-state index in [4.69, 9.17) is 4.74 Å². The Hall–Kier alpha value is -2.04. The van der Waals surface area contributed by atoms with Crippen molar-refractivity contribution in [1.82, 2.24) is 10.6 Å². The van der Waals surface area contributed by atoms with Crippen molar-refractivity contribution in [2.75, 3.05) is 19.7 Å². The number of carbonyl (C=O) groups excluding carboxylic acids is 2. The van der Waals surface area contributed by atoms with Crippen LogP contribution in [0.4, 0.5) is 0 Å². The Balaban J connectivity index is 2.05. The minimum absolute atomic E-state index is 0.00848. The van der Waals surface area contributed by atoms with E-state index >= 15 is 0 Å². The van der Waals surface area contributed by atoms with E-state index in [1.54, 1.807) is 0 Å². The molecule has 0 radical (unpaired) electrons.